The molecule has 0 saturated carbocycles. The highest BCUT2D eigenvalue weighted by Crippen LogP contribution is 2.19. The SMILES string of the molecule is CCC(NCc1cnc(C)cn1)c1ccc(Br)cc1. The van der Waals surface area contributed by atoms with Gasteiger partial charge in [-0.05, 0) is 31.0 Å². The average Bonchev–Trinajstić information content (AvgIpc) is 2.43. The Labute approximate surface area is 122 Å². The van der Waals surface area contributed by atoms with Gasteiger partial charge in [-0.15, -0.1) is 0 Å². The highest BCUT2D eigenvalue weighted by Gasteiger charge is 2.08. The Morgan fingerprint density at radius 3 is 2.47 bits per heavy atom. The smallest absolute Gasteiger partial charge is 0.0724 e. The standard InChI is InChI=1S/C15H18BrN3/c1-3-15(12-4-6-13(16)7-5-12)19-10-14-9-17-11(2)8-18-14/h4-9,15,19H,3,10H2,1-2H3. The molecule has 1 aromatic heterocycles. The molecule has 1 aromatic carbocycles. The lowest BCUT2D eigenvalue weighted by atomic mass is 10.0. The Kier molecular flexibility index (Phi) is 5.05. The van der Waals surface area contributed by atoms with Gasteiger partial charge in [0.05, 0.1) is 11.4 Å². The topological polar surface area (TPSA) is 37.8 Å². The zero-order valence-corrected chi connectivity index (χ0v) is 12.8. The fourth-order valence-corrected chi connectivity index (χ4v) is 2.20. The van der Waals surface area contributed by atoms with Crippen LogP contribution >= 0.6 is 15.9 Å². The Morgan fingerprint density at radius 1 is 1.16 bits per heavy atom. The first-order chi connectivity index (χ1) is 9.19. The van der Waals surface area contributed by atoms with E-state index in [4.69, 9.17) is 0 Å². The zero-order valence-electron chi connectivity index (χ0n) is 11.2. The summed E-state index contributed by atoms with van der Waals surface area (Å²) in [5.74, 6) is 0. The van der Waals surface area contributed by atoms with Crippen molar-refractivity contribution in [2.24, 2.45) is 0 Å². The maximum atomic E-state index is 4.36. The molecular weight excluding hydrogens is 302 g/mol. The quantitative estimate of drug-likeness (QED) is 0.911. The van der Waals surface area contributed by atoms with E-state index in [1.54, 1.807) is 6.20 Å². The number of aromatic nitrogens is 2. The Morgan fingerprint density at radius 2 is 1.89 bits per heavy atom. The third-order valence-electron chi connectivity index (χ3n) is 3.04. The van der Waals surface area contributed by atoms with E-state index in [-0.39, 0.29) is 0 Å². The molecule has 0 bridgehead atoms. The first-order valence-electron chi connectivity index (χ1n) is 6.45. The number of hydrogen-bond acceptors (Lipinski definition) is 3. The van der Waals surface area contributed by atoms with Crippen molar-refractivity contribution < 1.29 is 0 Å². The zero-order chi connectivity index (χ0) is 13.7. The molecule has 0 aliphatic heterocycles. The van der Waals surface area contributed by atoms with Gasteiger partial charge in [-0.25, -0.2) is 0 Å². The highest BCUT2D eigenvalue weighted by atomic mass is 79.9. The van der Waals surface area contributed by atoms with Crippen LogP contribution < -0.4 is 5.32 Å². The van der Waals surface area contributed by atoms with Crippen molar-refractivity contribution in [3.8, 4) is 0 Å². The molecule has 3 nitrogen and oxygen atoms in total. The maximum absolute atomic E-state index is 4.36. The van der Waals surface area contributed by atoms with Crippen LogP contribution in [0.5, 0.6) is 0 Å². The van der Waals surface area contributed by atoms with Crippen LogP contribution in [0.3, 0.4) is 0 Å². The van der Waals surface area contributed by atoms with Gasteiger partial charge in [0.1, 0.15) is 0 Å². The molecule has 100 valence electrons. The second-order valence-electron chi connectivity index (χ2n) is 4.54. The van der Waals surface area contributed by atoms with E-state index in [2.05, 4.69) is 62.4 Å². The average molecular weight is 320 g/mol. The fourth-order valence-electron chi connectivity index (χ4n) is 1.93. The van der Waals surface area contributed by atoms with Crippen LogP contribution in [-0.2, 0) is 6.54 Å². The predicted octanol–water partition coefficient (Wildman–Crippen LogP) is 3.79. The van der Waals surface area contributed by atoms with E-state index in [9.17, 15) is 0 Å². The number of benzene rings is 1. The van der Waals surface area contributed by atoms with Crippen molar-refractivity contribution in [3.63, 3.8) is 0 Å². The van der Waals surface area contributed by atoms with Crippen molar-refractivity contribution in [2.75, 3.05) is 0 Å². The van der Waals surface area contributed by atoms with Crippen LogP contribution in [0.2, 0.25) is 0 Å². The summed E-state index contributed by atoms with van der Waals surface area (Å²) in [6.07, 6.45) is 4.68. The minimum atomic E-state index is 0.344. The first-order valence-corrected chi connectivity index (χ1v) is 7.24. The van der Waals surface area contributed by atoms with Crippen LogP contribution in [0, 0.1) is 6.92 Å². The number of aryl methyl sites for hydroxylation is 1. The van der Waals surface area contributed by atoms with Crippen molar-refractivity contribution in [1.29, 1.82) is 0 Å². The molecule has 0 saturated heterocycles. The Hall–Kier alpha value is -1.26. The molecule has 0 aliphatic carbocycles. The van der Waals surface area contributed by atoms with Gasteiger partial charge in [0.2, 0.25) is 0 Å². The second kappa shape index (κ2) is 6.78. The van der Waals surface area contributed by atoms with Crippen LogP contribution in [0.4, 0.5) is 0 Å². The van der Waals surface area contributed by atoms with Crippen molar-refractivity contribution in [1.82, 2.24) is 15.3 Å². The Balaban J connectivity index is 1.99. The van der Waals surface area contributed by atoms with Gasteiger partial charge >= 0.3 is 0 Å². The van der Waals surface area contributed by atoms with Gasteiger partial charge in [-0.2, -0.15) is 0 Å². The van der Waals surface area contributed by atoms with Gasteiger partial charge < -0.3 is 5.32 Å². The Bertz CT molecular complexity index is 508. The van der Waals surface area contributed by atoms with E-state index >= 15 is 0 Å². The normalized spacial score (nSPS) is 12.4. The van der Waals surface area contributed by atoms with Crippen molar-refractivity contribution in [3.05, 3.63) is 58.1 Å². The first kappa shape index (κ1) is 14.2. The van der Waals surface area contributed by atoms with E-state index < -0.39 is 0 Å². The van der Waals surface area contributed by atoms with Gasteiger partial charge in [-0.1, -0.05) is 35.0 Å². The summed E-state index contributed by atoms with van der Waals surface area (Å²) < 4.78 is 1.11. The summed E-state index contributed by atoms with van der Waals surface area (Å²) in [4.78, 5) is 8.62. The second-order valence-corrected chi connectivity index (χ2v) is 5.46. The molecule has 1 atom stereocenters. The predicted molar refractivity (Wildman–Crippen MR) is 80.8 cm³/mol. The summed E-state index contributed by atoms with van der Waals surface area (Å²) in [6, 6.07) is 8.78. The maximum Gasteiger partial charge on any atom is 0.0724 e. The number of hydrogen-bond donors (Lipinski definition) is 1. The highest BCUT2D eigenvalue weighted by molar-refractivity contribution is 9.10. The van der Waals surface area contributed by atoms with E-state index in [1.165, 1.54) is 5.56 Å². The van der Waals surface area contributed by atoms with E-state index in [0.29, 0.717) is 6.04 Å². The van der Waals surface area contributed by atoms with Crippen LogP contribution in [0.25, 0.3) is 0 Å². The van der Waals surface area contributed by atoms with Gasteiger partial charge in [-0.3, -0.25) is 9.97 Å². The van der Waals surface area contributed by atoms with Gasteiger partial charge in [0.25, 0.3) is 0 Å². The summed E-state index contributed by atoms with van der Waals surface area (Å²) in [5.41, 5.74) is 3.22. The largest absolute Gasteiger partial charge is 0.304 e. The summed E-state index contributed by atoms with van der Waals surface area (Å²) in [6.45, 7) is 4.86. The lowest BCUT2D eigenvalue weighted by Gasteiger charge is -2.17. The van der Waals surface area contributed by atoms with Crippen LogP contribution in [0.15, 0.2) is 41.1 Å². The molecule has 1 N–H and O–H groups in total. The van der Waals surface area contributed by atoms with Crippen LogP contribution in [-0.4, -0.2) is 9.97 Å². The molecule has 1 unspecified atom stereocenters. The molecule has 0 spiro atoms. The molecule has 19 heavy (non-hydrogen) atoms. The third kappa shape index (κ3) is 4.11. The lowest BCUT2D eigenvalue weighted by molar-refractivity contribution is 0.513. The third-order valence-corrected chi connectivity index (χ3v) is 3.57. The summed E-state index contributed by atoms with van der Waals surface area (Å²) in [7, 11) is 0. The molecule has 0 fully saturated rings. The molecule has 0 radical (unpaired) electrons. The minimum absolute atomic E-state index is 0.344. The lowest BCUT2D eigenvalue weighted by Crippen LogP contribution is -2.21. The van der Waals surface area contributed by atoms with E-state index in [1.807, 2.05) is 13.1 Å². The minimum Gasteiger partial charge on any atom is -0.304 e. The molecule has 2 rings (SSSR count). The molecule has 4 heteroatoms. The van der Waals surface area contributed by atoms with E-state index in [0.717, 1.165) is 28.8 Å². The van der Waals surface area contributed by atoms with Gasteiger partial charge in [0.15, 0.2) is 0 Å². The van der Waals surface area contributed by atoms with Gasteiger partial charge in [0, 0.05) is 29.5 Å². The monoisotopic (exact) mass is 319 g/mol. The number of rotatable bonds is 5. The summed E-state index contributed by atoms with van der Waals surface area (Å²) >= 11 is 3.46. The summed E-state index contributed by atoms with van der Waals surface area (Å²) in [5, 5.41) is 3.52. The molecule has 0 amide bonds. The molecular formula is C15H18BrN3. The molecule has 1 heterocycles. The molecule has 2 aromatic rings. The van der Waals surface area contributed by atoms with Crippen molar-refractivity contribution in [2.45, 2.75) is 32.9 Å². The van der Waals surface area contributed by atoms with Crippen LogP contribution in [0.1, 0.15) is 36.3 Å². The van der Waals surface area contributed by atoms with Crippen molar-refractivity contribution >= 4 is 15.9 Å². The number of halogens is 1. The fraction of sp³-hybridized carbons (Fsp3) is 0.333. The number of nitrogens with one attached hydrogen (secondary N) is 1. The number of nitrogens with zero attached hydrogens (tertiary/aromatic N) is 2. The molecule has 0 aliphatic rings.